The molecule has 0 aliphatic rings. The maximum atomic E-state index is 14.3. The average Bonchev–Trinajstić information content (AvgIpc) is 3.08. The molecule has 0 aliphatic heterocycles. The van der Waals surface area contributed by atoms with Gasteiger partial charge in [0.25, 0.3) is 0 Å². The molecule has 0 spiro atoms. The van der Waals surface area contributed by atoms with Crippen LogP contribution >= 0.6 is 0 Å². The summed E-state index contributed by atoms with van der Waals surface area (Å²) in [6, 6.07) is 10.4. The number of benzene rings is 2. The standard InChI is InChI=1S/C20H20F2N2Se/c1-14-3-4-16(9-15(14)2)12-25-20(11-24-8-7-23-13-24)18-6-5-17(21)10-19(18)22/h3-10,13,20H,11-12H2,1-2H3. The third kappa shape index (κ3) is 4.56. The summed E-state index contributed by atoms with van der Waals surface area (Å²) >= 11 is 0.130. The van der Waals surface area contributed by atoms with Crippen LogP contribution in [-0.2, 0) is 11.9 Å². The zero-order valence-corrected chi connectivity index (χ0v) is 16.0. The Bertz CT molecular complexity index is 847. The van der Waals surface area contributed by atoms with Crippen molar-refractivity contribution in [3.8, 4) is 0 Å². The van der Waals surface area contributed by atoms with Crippen molar-refractivity contribution >= 4 is 15.0 Å². The predicted molar refractivity (Wildman–Crippen MR) is 96.7 cm³/mol. The Hall–Kier alpha value is -1.97. The summed E-state index contributed by atoms with van der Waals surface area (Å²) in [5.41, 5.74) is 4.39. The first-order chi connectivity index (χ1) is 12.0. The second-order valence-corrected chi connectivity index (χ2v) is 8.64. The van der Waals surface area contributed by atoms with E-state index in [1.165, 1.54) is 22.8 Å². The number of imidazole rings is 1. The van der Waals surface area contributed by atoms with Crippen molar-refractivity contribution in [3.63, 3.8) is 0 Å². The predicted octanol–water partition coefficient (Wildman–Crippen LogP) is 4.42. The van der Waals surface area contributed by atoms with Gasteiger partial charge in [-0.25, -0.2) is 0 Å². The van der Waals surface area contributed by atoms with Crippen LogP contribution in [0.15, 0.2) is 55.1 Å². The van der Waals surface area contributed by atoms with Gasteiger partial charge in [0.05, 0.1) is 0 Å². The molecule has 1 unspecified atom stereocenters. The Kier molecular flexibility index (Phi) is 5.67. The second-order valence-electron chi connectivity index (χ2n) is 6.14. The van der Waals surface area contributed by atoms with Gasteiger partial charge in [0.1, 0.15) is 0 Å². The van der Waals surface area contributed by atoms with E-state index in [2.05, 4.69) is 37.0 Å². The molecule has 0 aliphatic carbocycles. The quantitative estimate of drug-likeness (QED) is 0.555. The van der Waals surface area contributed by atoms with Crippen molar-refractivity contribution in [1.82, 2.24) is 9.55 Å². The Balaban J connectivity index is 1.81. The van der Waals surface area contributed by atoms with E-state index in [1.54, 1.807) is 18.6 Å². The number of rotatable bonds is 6. The van der Waals surface area contributed by atoms with Gasteiger partial charge in [-0.2, -0.15) is 0 Å². The van der Waals surface area contributed by atoms with Crippen molar-refractivity contribution in [2.75, 3.05) is 0 Å². The van der Waals surface area contributed by atoms with Crippen molar-refractivity contribution < 1.29 is 8.78 Å². The van der Waals surface area contributed by atoms with Gasteiger partial charge < -0.3 is 0 Å². The van der Waals surface area contributed by atoms with Crippen LogP contribution in [0.25, 0.3) is 0 Å². The van der Waals surface area contributed by atoms with Gasteiger partial charge in [0.2, 0.25) is 0 Å². The maximum absolute atomic E-state index is 14.3. The van der Waals surface area contributed by atoms with Gasteiger partial charge >= 0.3 is 153 Å². The third-order valence-corrected chi connectivity index (χ3v) is 7.01. The topological polar surface area (TPSA) is 17.8 Å². The first-order valence-electron chi connectivity index (χ1n) is 8.11. The summed E-state index contributed by atoms with van der Waals surface area (Å²) in [4.78, 5) is 4.08. The molecule has 1 atom stereocenters. The molecule has 1 heterocycles. The van der Waals surface area contributed by atoms with E-state index in [1.807, 2.05) is 10.8 Å². The molecule has 3 rings (SSSR count). The van der Waals surface area contributed by atoms with Gasteiger partial charge in [0.15, 0.2) is 0 Å². The molecule has 0 saturated heterocycles. The molecule has 25 heavy (non-hydrogen) atoms. The number of hydrogen-bond donors (Lipinski definition) is 0. The Morgan fingerprint density at radius 1 is 1.08 bits per heavy atom. The molecule has 1 aromatic heterocycles. The zero-order valence-electron chi connectivity index (χ0n) is 14.2. The normalized spacial score (nSPS) is 12.3. The van der Waals surface area contributed by atoms with Gasteiger partial charge in [0, 0.05) is 0 Å². The molecule has 5 heteroatoms. The average molecular weight is 405 g/mol. The van der Waals surface area contributed by atoms with Crippen LogP contribution in [0.5, 0.6) is 0 Å². The minimum atomic E-state index is -0.538. The number of halogens is 2. The summed E-state index contributed by atoms with van der Waals surface area (Å²) in [6.45, 7) is 4.85. The van der Waals surface area contributed by atoms with Crippen LogP contribution in [0.2, 0.25) is 0 Å². The van der Waals surface area contributed by atoms with E-state index < -0.39 is 11.6 Å². The Morgan fingerprint density at radius 2 is 1.92 bits per heavy atom. The zero-order chi connectivity index (χ0) is 17.8. The first-order valence-corrected chi connectivity index (χ1v) is 10.3. The molecular weight excluding hydrogens is 385 g/mol. The number of aryl methyl sites for hydroxylation is 2. The summed E-state index contributed by atoms with van der Waals surface area (Å²) in [7, 11) is 0. The van der Waals surface area contributed by atoms with Crippen LogP contribution in [-0.4, -0.2) is 24.5 Å². The Morgan fingerprint density at radius 3 is 2.60 bits per heavy atom. The van der Waals surface area contributed by atoms with E-state index >= 15 is 0 Å². The number of nitrogens with zero attached hydrogens (tertiary/aromatic N) is 2. The molecule has 130 valence electrons. The Labute approximate surface area is 153 Å². The van der Waals surface area contributed by atoms with Crippen molar-refractivity contribution in [2.45, 2.75) is 30.5 Å². The summed E-state index contributed by atoms with van der Waals surface area (Å²) < 4.78 is 29.5. The molecule has 2 aromatic carbocycles. The van der Waals surface area contributed by atoms with Crippen molar-refractivity contribution in [1.29, 1.82) is 0 Å². The first kappa shape index (κ1) is 17.8. The van der Waals surface area contributed by atoms with E-state index in [9.17, 15) is 8.78 Å². The van der Waals surface area contributed by atoms with Gasteiger partial charge in [-0.1, -0.05) is 0 Å². The molecule has 0 N–H and O–H groups in total. The molecule has 0 fully saturated rings. The molecule has 0 saturated carbocycles. The molecular formula is C20H20F2N2Se. The van der Waals surface area contributed by atoms with Crippen LogP contribution in [0.4, 0.5) is 8.78 Å². The second kappa shape index (κ2) is 7.94. The summed E-state index contributed by atoms with van der Waals surface area (Å²) in [5.74, 6) is -1.00. The van der Waals surface area contributed by atoms with Crippen molar-refractivity contribution in [2.24, 2.45) is 0 Å². The van der Waals surface area contributed by atoms with Crippen LogP contribution < -0.4 is 0 Å². The van der Waals surface area contributed by atoms with E-state index in [4.69, 9.17) is 0 Å². The molecule has 3 aromatic rings. The number of hydrogen-bond acceptors (Lipinski definition) is 1. The summed E-state index contributed by atoms with van der Waals surface area (Å²) in [5, 5.41) is 0.907. The molecule has 0 amide bonds. The van der Waals surface area contributed by atoms with Crippen LogP contribution in [0.3, 0.4) is 0 Å². The third-order valence-electron chi connectivity index (χ3n) is 4.27. The van der Waals surface area contributed by atoms with Crippen LogP contribution in [0, 0.1) is 25.5 Å². The van der Waals surface area contributed by atoms with Crippen LogP contribution in [0.1, 0.15) is 27.1 Å². The minimum absolute atomic E-state index is 0.0175. The summed E-state index contributed by atoms with van der Waals surface area (Å²) in [6.07, 6.45) is 5.33. The fraction of sp³-hybridized carbons (Fsp3) is 0.250. The molecule has 0 bridgehead atoms. The van der Waals surface area contributed by atoms with Gasteiger partial charge in [-0.15, -0.1) is 0 Å². The number of aromatic nitrogens is 2. The monoisotopic (exact) mass is 406 g/mol. The van der Waals surface area contributed by atoms with E-state index in [0.29, 0.717) is 12.1 Å². The fourth-order valence-corrected chi connectivity index (χ4v) is 5.24. The van der Waals surface area contributed by atoms with Gasteiger partial charge in [-0.05, 0) is 0 Å². The molecule has 2 nitrogen and oxygen atoms in total. The van der Waals surface area contributed by atoms with E-state index in [-0.39, 0.29) is 19.8 Å². The SMILES string of the molecule is Cc1ccc(C[Se]C(Cn2ccnc2)c2ccc(F)cc2F)cc1C. The van der Waals surface area contributed by atoms with E-state index in [0.717, 1.165) is 11.4 Å². The molecule has 0 radical (unpaired) electrons. The fourth-order valence-electron chi connectivity index (χ4n) is 2.68. The van der Waals surface area contributed by atoms with Crippen molar-refractivity contribution in [3.05, 3.63) is 89.0 Å². The van der Waals surface area contributed by atoms with Gasteiger partial charge in [-0.3, -0.25) is 0 Å².